The number of aromatic nitrogens is 1. The third-order valence-electron chi connectivity index (χ3n) is 3.18. The number of nitrogens with zero attached hydrogens (tertiary/aromatic N) is 1. The van der Waals surface area contributed by atoms with E-state index >= 15 is 0 Å². The molecule has 0 spiro atoms. The van der Waals surface area contributed by atoms with E-state index in [1.807, 2.05) is 42.5 Å². The average molecular weight is 304 g/mol. The molecule has 100 valence electrons. The summed E-state index contributed by atoms with van der Waals surface area (Å²) in [5.41, 5.74) is 1.16. The molecule has 1 heterocycles. The number of hydrogen-bond donors (Lipinski definition) is 1. The van der Waals surface area contributed by atoms with Crippen LogP contribution in [-0.2, 0) is 0 Å². The van der Waals surface area contributed by atoms with Crippen molar-refractivity contribution in [3.05, 3.63) is 76.0 Å². The van der Waals surface area contributed by atoms with Crippen LogP contribution in [0, 0.1) is 0 Å². The van der Waals surface area contributed by atoms with Gasteiger partial charge in [0.25, 0.3) is 0 Å². The van der Waals surface area contributed by atoms with Gasteiger partial charge in [-0.05, 0) is 28.5 Å². The highest BCUT2D eigenvalue weighted by Gasteiger charge is 2.16. The smallest absolute Gasteiger partial charge is 0.122 e. The predicted octanol–water partition coefficient (Wildman–Crippen LogP) is 4.62. The molecule has 0 bridgehead atoms. The lowest BCUT2D eigenvalue weighted by Gasteiger charge is -2.13. The van der Waals surface area contributed by atoms with Crippen molar-refractivity contribution in [3.63, 3.8) is 0 Å². The van der Waals surface area contributed by atoms with E-state index in [1.165, 1.54) is 6.20 Å². The van der Waals surface area contributed by atoms with Crippen LogP contribution in [0.2, 0.25) is 10.0 Å². The fraction of sp³-hybridized carbons (Fsp3) is 0.0625. The van der Waals surface area contributed by atoms with Crippen molar-refractivity contribution in [1.29, 1.82) is 0 Å². The summed E-state index contributed by atoms with van der Waals surface area (Å²) in [7, 11) is 0. The molecule has 0 aliphatic carbocycles. The van der Waals surface area contributed by atoms with Gasteiger partial charge in [0.2, 0.25) is 0 Å². The van der Waals surface area contributed by atoms with E-state index in [9.17, 15) is 5.11 Å². The zero-order valence-corrected chi connectivity index (χ0v) is 11.9. The van der Waals surface area contributed by atoms with Gasteiger partial charge in [0, 0.05) is 6.20 Å². The van der Waals surface area contributed by atoms with Gasteiger partial charge in [-0.2, -0.15) is 0 Å². The van der Waals surface area contributed by atoms with E-state index in [1.54, 1.807) is 6.07 Å². The quantitative estimate of drug-likeness (QED) is 0.749. The molecule has 0 radical (unpaired) electrons. The molecular formula is C16H11Cl2NO. The first-order valence-corrected chi connectivity index (χ1v) is 6.88. The Morgan fingerprint density at radius 2 is 1.70 bits per heavy atom. The van der Waals surface area contributed by atoms with Crippen molar-refractivity contribution in [2.75, 3.05) is 0 Å². The molecule has 2 nitrogen and oxygen atoms in total. The highest BCUT2D eigenvalue weighted by molar-refractivity contribution is 6.34. The second-order valence-electron chi connectivity index (χ2n) is 4.53. The minimum atomic E-state index is -0.871. The lowest BCUT2D eigenvalue weighted by molar-refractivity contribution is 0.215. The standard InChI is InChI=1S/C16H11Cl2NO/c17-13-8-14(18)15(19-9-13)16(20)12-6-5-10-3-1-2-4-11(10)7-12/h1-9,16,20H. The van der Waals surface area contributed by atoms with Crippen LogP contribution in [0.5, 0.6) is 0 Å². The Morgan fingerprint density at radius 3 is 2.45 bits per heavy atom. The van der Waals surface area contributed by atoms with Gasteiger partial charge in [-0.15, -0.1) is 0 Å². The summed E-state index contributed by atoms with van der Waals surface area (Å²) in [5.74, 6) is 0. The van der Waals surface area contributed by atoms with E-state index in [4.69, 9.17) is 23.2 Å². The van der Waals surface area contributed by atoms with E-state index in [0.717, 1.165) is 16.3 Å². The lowest BCUT2D eigenvalue weighted by Crippen LogP contribution is -2.03. The minimum Gasteiger partial charge on any atom is -0.382 e. The van der Waals surface area contributed by atoms with Gasteiger partial charge in [-0.25, -0.2) is 0 Å². The van der Waals surface area contributed by atoms with Crippen LogP contribution < -0.4 is 0 Å². The van der Waals surface area contributed by atoms with Crippen molar-refractivity contribution < 1.29 is 5.11 Å². The Balaban J connectivity index is 2.05. The van der Waals surface area contributed by atoms with Crippen molar-refractivity contribution in [2.24, 2.45) is 0 Å². The van der Waals surface area contributed by atoms with Crippen LogP contribution in [0.3, 0.4) is 0 Å². The minimum absolute atomic E-state index is 0.359. The van der Waals surface area contributed by atoms with Crippen LogP contribution in [0.4, 0.5) is 0 Å². The van der Waals surface area contributed by atoms with Gasteiger partial charge in [-0.3, -0.25) is 4.98 Å². The van der Waals surface area contributed by atoms with Gasteiger partial charge < -0.3 is 5.11 Å². The molecule has 4 heteroatoms. The van der Waals surface area contributed by atoms with Crippen LogP contribution in [0.1, 0.15) is 17.4 Å². The van der Waals surface area contributed by atoms with Gasteiger partial charge in [0.15, 0.2) is 0 Å². The molecule has 1 atom stereocenters. The Labute approximate surface area is 126 Å². The maximum atomic E-state index is 10.4. The van der Waals surface area contributed by atoms with Crippen molar-refractivity contribution in [2.45, 2.75) is 6.10 Å². The Bertz CT molecular complexity index is 773. The second kappa shape index (κ2) is 5.41. The van der Waals surface area contributed by atoms with Gasteiger partial charge >= 0.3 is 0 Å². The highest BCUT2D eigenvalue weighted by atomic mass is 35.5. The molecule has 0 saturated heterocycles. The Hall–Kier alpha value is -1.61. The first-order chi connectivity index (χ1) is 9.65. The van der Waals surface area contributed by atoms with E-state index in [2.05, 4.69) is 4.98 Å². The lowest BCUT2D eigenvalue weighted by atomic mass is 10.0. The SMILES string of the molecule is OC(c1ccc2ccccc2c1)c1ncc(Cl)cc1Cl. The zero-order chi connectivity index (χ0) is 14.1. The predicted molar refractivity (Wildman–Crippen MR) is 82.3 cm³/mol. The summed E-state index contributed by atoms with van der Waals surface area (Å²) in [6.45, 7) is 0. The Morgan fingerprint density at radius 1 is 0.950 bits per heavy atom. The molecule has 0 aliphatic rings. The summed E-state index contributed by atoms with van der Waals surface area (Å²) in [6.07, 6.45) is 0.608. The van der Waals surface area contributed by atoms with Crippen LogP contribution in [0.15, 0.2) is 54.7 Å². The molecule has 1 N–H and O–H groups in total. The fourth-order valence-electron chi connectivity index (χ4n) is 2.16. The number of pyridine rings is 1. The summed E-state index contributed by atoms with van der Waals surface area (Å²) in [6, 6.07) is 15.3. The second-order valence-corrected chi connectivity index (χ2v) is 5.37. The molecule has 0 amide bonds. The summed E-state index contributed by atoms with van der Waals surface area (Å²) in [4.78, 5) is 4.12. The number of halogens is 2. The van der Waals surface area contributed by atoms with Gasteiger partial charge in [0.05, 0.1) is 15.7 Å². The van der Waals surface area contributed by atoms with Crippen LogP contribution in [-0.4, -0.2) is 10.1 Å². The monoisotopic (exact) mass is 303 g/mol. The van der Waals surface area contributed by atoms with Gasteiger partial charge in [-0.1, -0.05) is 59.6 Å². The van der Waals surface area contributed by atoms with E-state index in [-0.39, 0.29) is 0 Å². The van der Waals surface area contributed by atoms with Crippen molar-refractivity contribution >= 4 is 34.0 Å². The first kappa shape index (κ1) is 13.4. The topological polar surface area (TPSA) is 33.1 Å². The van der Waals surface area contributed by atoms with Crippen molar-refractivity contribution in [1.82, 2.24) is 4.98 Å². The highest BCUT2D eigenvalue weighted by Crippen LogP contribution is 2.29. The third kappa shape index (κ3) is 2.50. The maximum Gasteiger partial charge on any atom is 0.122 e. The fourth-order valence-corrected chi connectivity index (χ4v) is 2.65. The molecule has 20 heavy (non-hydrogen) atoms. The molecule has 0 fully saturated rings. The van der Waals surface area contributed by atoms with E-state index in [0.29, 0.717) is 15.7 Å². The van der Waals surface area contributed by atoms with Crippen molar-refractivity contribution in [3.8, 4) is 0 Å². The van der Waals surface area contributed by atoms with Crippen LogP contribution in [0.25, 0.3) is 10.8 Å². The molecule has 3 rings (SSSR count). The normalized spacial score (nSPS) is 12.6. The first-order valence-electron chi connectivity index (χ1n) is 6.13. The number of aliphatic hydroxyl groups is 1. The molecule has 1 unspecified atom stereocenters. The molecule has 3 aromatic rings. The summed E-state index contributed by atoms with van der Waals surface area (Å²) < 4.78 is 0. The third-order valence-corrected chi connectivity index (χ3v) is 3.69. The summed E-state index contributed by atoms with van der Waals surface area (Å²) >= 11 is 11.9. The molecular weight excluding hydrogens is 293 g/mol. The van der Waals surface area contributed by atoms with Gasteiger partial charge in [0.1, 0.15) is 6.10 Å². The molecule has 0 aliphatic heterocycles. The molecule has 2 aromatic carbocycles. The van der Waals surface area contributed by atoms with E-state index < -0.39 is 6.10 Å². The number of fused-ring (bicyclic) bond motifs is 1. The molecule has 0 saturated carbocycles. The number of aliphatic hydroxyl groups excluding tert-OH is 1. The zero-order valence-electron chi connectivity index (χ0n) is 10.4. The number of benzene rings is 2. The maximum absolute atomic E-state index is 10.4. The Kier molecular flexibility index (Phi) is 3.62. The molecule has 1 aromatic heterocycles. The summed E-state index contributed by atoms with van der Waals surface area (Å²) in [5, 5.41) is 13.4. The average Bonchev–Trinajstić information content (AvgIpc) is 2.46. The number of rotatable bonds is 2. The van der Waals surface area contributed by atoms with Crippen LogP contribution >= 0.6 is 23.2 Å². The number of hydrogen-bond acceptors (Lipinski definition) is 2. The largest absolute Gasteiger partial charge is 0.382 e.